The molecule has 0 spiro atoms. The van der Waals surface area contributed by atoms with Crippen molar-refractivity contribution in [2.24, 2.45) is 0 Å². The topological polar surface area (TPSA) is 38.8 Å². The van der Waals surface area contributed by atoms with Crippen LogP contribution >= 0.6 is 0 Å². The number of carbonyl (C=O) groups excluding carboxylic acids is 1. The van der Waals surface area contributed by atoms with E-state index in [9.17, 15) is 4.79 Å². The molecule has 4 nitrogen and oxygen atoms in total. The Balaban J connectivity index is 1.81. The van der Waals surface area contributed by atoms with Crippen LogP contribution in [0.4, 0.5) is 5.69 Å². The summed E-state index contributed by atoms with van der Waals surface area (Å²) in [4.78, 5) is 14.7. The molecule has 2 aromatic rings. The average Bonchev–Trinajstić information content (AvgIpc) is 3.35. The predicted molar refractivity (Wildman–Crippen MR) is 90.0 cm³/mol. The van der Waals surface area contributed by atoms with Crippen molar-refractivity contribution in [1.29, 1.82) is 0 Å². The van der Waals surface area contributed by atoms with Crippen LogP contribution < -0.4 is 4.90 Å². The smallest absolute Gasteiger partial charge is 0.338 e. The molecule has 0 bridgehead atoms. The minimum Gasteiger partial charge on any atom is -0.462 e. The van der Waals surface area contributed by atoms with Crippen LogP contribution in [0.5, 0.6) is 0 Å². The van der Waals surface area contributed by atoms with Crippen LogP contribution in [0.1, 0.15) is 30.1 Å². The lowest BCUT2D eigenvalue weighted by molar-refractivity contribution is 0.00750. The summed E-state index contributed by atoms with van der Waals surface area (Å²) in [6.07, 6.45) is 2.48. The monoisotopic (exact) mass is 311 g/mol. The summed E-state index contributed by atoms with van der Waals surface area (Å²) in [5.41, 5.74) is 1.86. The number of benzene rings is 2. The minimum absolute atomic E-state index is 0.250. The van der Waals surface area contributed by atoms with Gasteiger partial charge in [0.05, 0.1) is 31.4 Å². The largest absolute Gasteiger partial charge is 0.462 e. The van der Waals surface area contributed by atoms with Crippen LogP contribution in [-0.4, -0.2) is 37.9 Å². The average molecular weight is 311 g/mol. The molecular formula is C19H21NO3. The highest BCUT2D eigenvalue weighted by Gasteiger charge is 2.38. The maximum atomic E-state index is 12.2. The first-order chi connectivity index (χ1) is 11.3. The molecule has 4 heteroatoms. The lowest BCUT2D eigenvalue weighted by atomic mass is 10.0. The first-order valence-corrected chi connectivity index (χ1v) is 8.34. The summed E-state index contributed by atoms with van der Waals surface area (Å²) in [6.45, 7) is 3.82. The number of esters is 1. The van der Waals surface area contributed by atoms with Crippen molar-refractivity contribution in [1.82, 2.24) is 0 Å². The molecule has 0 atom stereocenters. The molecule has 1 saturated carbocycles. The second-order valence-electron chi connectivity index (χ2n) is 6.23. The van der Waals surface area contributed by atoms with Crippen LogP contribution in [0.2, 0.25) is 0 Å². The van der Waals surface area contributed by atoms with E-state index in [2.05, 4.69) is 17.0 Å². The highest BCUT2D eigenvalue weighted by atomic mass is 16.5. The Hall–Kier alpha value is -2.07. The van der Waals surface area contributed by atoms with Crippen LogP contribution in [-0.2, 0) is 9.47 Å². The fourth-order valence-electron chi connectivity index (χ4n) is 3.32. The van der Waals surface area contributed by atoms with Crippen molar-refractivity contribution in [2.45, 2.75) is 31.8 Å². The zero-order chi connectivity index (χ0) is 15.8. The Morgan fingerprint density at radius 1 is 1.13 bits per heavy atom. The summed E-state index contributed by atoms with van der Waals surface area (Å²) in [5.74, 6) is -0.250. The molecule has 4 rings (SSSR count). The highest BCUT2D eigenvalue weighted by Crippen LogP contribution is 2.39. The maximum Gasteiger partial charge on any atom is 0.338 e. The van der Waals surface area contributed by atoms with E-state index in [1.54, 1.807) is 0 Å². The Kier molecular flexibility index (Phi) is 3.69. The Bertz CT molecular complexity index is 734. The van der Waals surface area contributed by atoms with Crippen molar-refractivity contribution in [3.05, 3.63) is 42.0 Å². The van der Waals surface area contributed by atoms with Crippen LogP contribution in [0.3, 0.4) is 0 Å². The fourth-order valence-corrected chi connectivity index (χ4v) is 3.32. The molecule has 0 aromatic heterocycles. The summed E-state index contributed by atoms with van der Waals surface area (Å²) in [6, 6.07) is 13.2. The Labute approximate surface area is 136 Å². The van der Waals surface area contributed by atoms with Crippen molar-refractivity contribution in [2.75, 3.05) is 24.7 Å². The molecule has 2 fully saturated rings. The third kappa shape index (κ3) is 2.57. The van der Waals surface area contributed by atoms with Gasteiger partial charge in [-0.2, -0.15) is 0 Å². The van der Waals surface area contributed by atoms with E-state index in [-0.39, 0.29) is 5.97 Å². The van der Waals surface area contributed by atoms with Gasteiger partial charge in [-0.05, 0) is 37.3 Å². The molecule has 1 aliphatic heterocycles. The van der Waals surface area contributed by atoms with E-state index >= 15 is 0 Å². The maximum absolute atomic E-state index is 12.2. The van der Waals surface area contributed by atoms with Gasteiger partial charge in [0.25, 0.3) is 0 Å². The standard InChI is InChI=1S/C19H21NO3/c1-2-23-19(21)17-9-10-18(16-6-4-3-5-15(16)17)20(13-7-8-13)14-11-22-12-14/h3-6,9-10,13-14H,2,7-8,11-12H2,1H3. The van der Waals surface area contributed by atoms with Gasteiger partial charge in [-0.25, -0.2) is 4.79 Å². The molecular weight excluding hydrogens is 290 g/mol. The summed E-state index contributed by atoms with van der Waals surface area (Å²) in [7, 11) is 0. The van der Waals surface area contributed by atoms with Gasteiger partial charge in [-0.3, -0.25) is 0 Å². The van der Waals surface area contributed by atoms with E-state index in [0.29, 0.717) is 24.3 Å². The SMILES string of the molecule is CCOC(=O)c1ccc(N(C2CC2)C2COC2)c2ccccc12. The van der Waals surface area contributed by atoms with Crippen molar-refractivity contribution in [3.8, 4) is 0 Å². The Morgan fingerprint density at radius 2 is 1.87 bits per heavy atom. The number of nitrogens with zero attached hydrogens (tertiary/aromatic N) is 1. The van der Waals surface area contributed by atoms with E-state index in [4.69, 9.17) is 9.47 Å². The quantitative estimate of drug-likeness (QED) is 0.794. The molecule has 1 aliphatic carbocycles. The van der Waals surface area contributed by atoms with Crippen LogP contribution in [0.25, 0.3) is 10.8 Å². The van der Waals surface area contributed by atoms with Gasteiger partial charge in [-0.15, -0.1) is 0 Å². The normalized spacial score (nSPS) is 17.8. The number of ether oxygens (including phenoxy) is 2. The van der Waals surface area contributed by atoms with Gasteiger partial charge in [0.1, 0.15) is 0 Å². The first-order valence-electron chi connectivity index (χ1n) is 8.34. The molecule has 1 heterocycles. The highest BCUT2D eigenvalue weighted by molar-refractivity contribution is 6.08. The third-order valence-electron chi connectivity index (χ3n) is 4.63. The van der Waals surface area contributed by atoms with Gasteiger partial charge < -0.3 is 14.4 Å². The number of hydrogen-bond acceptors (Lipinski definition) is 4. The van der Waals surface area contributed by atoms with E-state index in [1.165, 1.54) is 18.5 Å². The fraction of sp³-hybridized carbons (Fsp3) is 0.421. The molecule has 2 aliphatic rings. The van der Waals surface area contributed by atoms with Gasteiger partial charge in [0.2, 0.25) is 0 Å². The number of anilines is 1. The van der Waals surface area contributed by atoms with Crippen molar-refractivity contribution >= 4 is 22.4 Å². The molecule has 0 radical (unpaired) electrons. The molecule has 0 N–H and O–H groups in total. The molecule has 120 valence electrons. The van der Waals surface area contributed by atoms with Gasteiger partial charge in [-0.1, -0.05) is 24.3 Å². The zero-order valence-electron chi connectivity index (χ0n) is 13.3. The van der Waals surface area contributed by atoms with Crippen molar-refractivity contribution in [3.63, 3.8) is 0 Å². The Morgan fingerprint density at radius 3 is 2.48 bits per heavy atom. The lowest BCUT2D eigenvalue weighted by Crippen LogP contribution is -2.50. The summed E-state index contributed by atoms with van der Waals surface area (Å²) < 4.78 is 10.6. The van der Waals surface area contributed by atoms with Gasteiger partial charge >= 0.3 is 5.97 Å². The minimum atomic E-state index is -0.250. The molecule has 2 aromatic carbocycles. The second-order valence-corrected chi connectivity index (χ2v) is 6.23. The molecule has 1 saturated heterocycles. The predicted octanol–water partition coefficient (Wildman–Crippen LogP) is 3.38. The number of carbonyl (C=O) groups is 1. The van der Waals surface area contributed by atoms with Gasteiger partial charge in [0, 0.05) is 17.1 Å². The third-order valence-corrected chi connectivity index (χ3v) is 4.63. The lowest BCUT2D eigenvalue weighted by Gasteiger charge is -2.40. The number of rotatable bonds is 5. The van der Waals surface area contributed by atoms with Crippen molar-refractivity contribution < 1.29 is 14.3 Å². The zero-order valence-corrected chi connectivity index (χ0v) is 13.3. The van der Waals surface area contributed by atoms with Gasteiger partial charge in [0.15, 0.2) is 0 Å². The number of fused-ring (bicyclic) bond motifs is 1. The molecule has 0 amide bonds. The van der Waals surface area contributed by atoms with E-state index in [0.717, 1.165) is 24.0 Å². The van der Waals surface area contributed by atoms with Crippen LogP contribution in [0.15, 0.2) is 36.4 Å². The summed E-state index contributed by atoms with van der Waals surface area (Å²) >= 11 is 0. The van der Waals surface area contributed by atoms with E-state index in [1.807, 2.05) is 31.2 Å². The molecule has 0 unspecified atom stereocenters. The van der Waals surface area contributed by atoms with E-state index < -0.39 is 0 Å². The first kappa shape index (κ1) is 14.5. The van der Waals surface area contributed by atoms with Crippen LogP contribution in [0, 0.1) is 0 Å². The summed E-state index contributed by atoms with van der Waals surface area (Å²) in [5, 5.41) is 2.09. The second kappa shape index (κ2) is 5.85. The number of hydrogen-bond donors (Lipinski definition) is 0. The molecule has 23 heavy (non-hydrogen) atoms.